The zero-order chi connectivity index (χ0) is 15.2. The zero-order valence-corrected chi connectivity index (χ0v) is 12.4. The fourth-order valence-electron chi connectivity index (χ4n) is 2.21. The van der Waals surface area contributed by atoms with Crippen molar-refractivity contribution < 1.29 is 9.18 Å². The van der Waals surface area contributed by atoms with Crippen LogP contribution in [0.3, 0.4) is 0 Å². The van der Waals surface area contributed by atoms with Crippen molar-refractivity contribution in [1.29, 1.82) is 0 Å². The van der Waals surface area contributed by atoms with E-state index < -0.39 is 0 Å². The molecule has 0 aromatic heterocycles. The van der Waals surface area contributed by atoms with Crippen LogP contribution in [0.2, 0.25) is 0 Å². The molecule has 1 unspecified atom stereocenters. The summed E-state index contributed by atoms with van der Waals surface area (Å²) in [5, 5.41) is 2.83. The molecule has 0 radical (unpaired) electrons. The van der Waals surface area contributed by atoms with Gasteiger partial charge in [-0.1, -0.05) is 49.4 Å². The first-order valence-electron chi connectivity index (χ1n) is 7.26. The van der Waals surface area contributed by atoms with Crippen LogP contribution >= 0.6 is 0 Å². The number of benzene rings is 2. The SMILES string of the molecule is CCCNC(=O)C(C)c1ccc(-c2ccccc2)c(F)c1. The van der Waals surface area contributed by atoms with Crippen LogP contribution in [0, 0.1) is 5.82 Å². The highest BCUT2D eigenvalue weighted by Gasteiger charge is 2.16. The van der Waals surface area contributed by atoms with Gasteiger partial charge < -0.3 is 5.32 Å². The normalized spacial score (nSPS) is 12.0. The Hall–Kier alpha value is -2.16. The third-order valence-corrected chi connectivity index (χ3v) is 3.52. The summed E-state index contributed by atoms with van der Waals surface area (Å²) in [5.41, 5.74) is 2.09. The average molecular weight is 285 g/mol. The molecule has 0 heterocycles. The van der Waals surface area contributed by atoms with Gasteiger partial charge in [-0.25, -0.2) is 4.39 Å². The van der Waals surface area contributed by atoms with Gasteiger partial charge in [0.05, 0.1) is 5.92 Å². The Balaban J connectivity index is 2.21. The van der Waals surface area contributed by atoms with Gasteiger partial charge in [0, 0.05) is 12.1 Å². The summed E-state index contributed by atoms with van der Waals surface area (Å²) >= 11 is 0. The Morgan fingerprint density at radius 2 is 1.90 bits per heavy atom. The van der Waals surface area contributed by atoms with Crippen LogP contribution in [0.1, 0.15) is 31.7 Å². The molecule has 0 spiro atoms. The Morgan fingerprint density at radius 1 is 1.19 bits per heavy atom. The minimum atomic E-state index is -0.351. The summed E-state index contributed by atoms with van der Waals surface area (Å²) in [7, 11) is 0. The molecule has 3 heteroatoms. The Labute approximate surface area is 125 Å². The van der Waals surface area contributed by atoms with Crippen LogP contribution in [0.15, 0.2) is 48.5 Å². The van der Waals surface area contributed by atoms with Crippen LogP contribution in [-0.2, 0) is 4.79 Å². The second-order valence-electron chi connectivity index (χ2n) is 5.12. The van der Waals surface area contributed by atoms with E-state index in [1.54, 1.807) is 13.0 Å². The highest BCUT2D eigenvalue weighted by molar-refractivity contribution is 5.83. The molecule has 0 fully saturated rings. The quantitative estimate of drug-likeness (QED) is 0.879. The molecular formula is C18H20FNO. The van der Waals surface area contributed by atoms with E-state index in [0.29, 0.717) is 17.7 Å². The van der Waals surface area contributed by atoms with E-state index in [0.717, 1.165) is 12.0 Å². The third-order valence-electron chi connectivity index (χ3n) is 3.52. The van der Waals surface area contributed by atoms with Gasteiger partial charge in [0.1, 0.15) is 5.82 Å². The van der Waals surface area contributed by atoms with Crippen LogP contribution < -0.4 is 5.32 Å². The molecule has 2 aromatic carbocycles. The topological polar surface area (TPSA) is 29.1 Å². The highest BCUT2D eigenvalue weighted by Crippen LogP contribution is 2.26. The summed E-state index contributed by atoms with van der Waals surface area (Å²) < 4.78 is 14.3. The maximum Gasteiger partial charge on any atom is 0.227 e. The maximum absolute atomic E-state index is 14.3. The van der Waals surface area contributed by atoms with Crippen molar-refractivity contribution >= 4 is 5.91 Å². The van der Waals surface area contributed by atoms with E-state index in [2.05, 4.69) is 5.32 Å². The maximum atomic E-state index is 14.3. The van der Waals surface area contributed by atoms with Crippen molar-refractivity contribution in [2.75, 3.05) is 6.54 Å². The molecule has 0 aliphatic carbocycles. The Kier molecular flexibility index (Phi) is 5.09. The van der Waals surface area contributed by atoms with Crippen LogP contribution in [0.25, 0.3) is 11.1 Å². The van der Waals surface area contributed by atoms with Crippen molar-refractivity contribution in [2.45, 2.75) is 26.2 Å². The standard InChI is InChI=1S/C18H20FNO/c1-3-11-20-18(21)13(2)15-9-10-16(17(19)12-15)14-7-5-4-6-8-14/h4-10,12-13H,3,11H2,1-2H3,(H,20,21). The second-order valence-corrected chi connectivity index (χ2v) is 5.12. The lowest BCUT2D eigenvalue weighted by molar-refractivity contribution is -0.122. The molecule has 0 aliphatic rings. The van der Waals surface area contributed by atoms with Crippen molar-refractivity contribution in [1.82, 2.24) is 5.32 Å². The van der Waals surface area contributed by atoms with E-state index in [1.807, 2.05) is 43.3 Å². The molecule has 0 bridgehead atoms. The minimum absolute atomic E-state index is 0.0660. The number of nitrogens with one attached hydrogen (secondary N) is 1. The summed E-state index contributed by atoms with van der Waals surface area (Å²) in [6.07, 6.45) is 0.889. The molecule has 2 rings (SSSR count). The number of rotatable bonds is 5. The summed E-state index contributed by atoms with van der Waals surface area (Å²) in [6.45, 7) is 4.44. The fourth-order valence-corrected chi connectivity index (χ4v) is 2.21. The summed E-state index contributed by atoms with van der Waals surface area (Å²) in [5.74, 6) is -0.714. The van der Waals surface area contributed by atoms with Gasteiger partial charge >= 0.3 is 0 Å². The van der Waals surface area contributed by atoms with Gasteiger partial charge in [0.25, 0.3) is 0 Å². The first-order chi connectivity index (χ1) is 10.1. The lowest BCUT2D eigenvalue weighted by Crippen LogP contribution is -2.28. The largest absolute Gasteiger partial charge is 0.356 e. The molecule has 1 atom stereocenters. The predicted octanol–water partition coefficient (Wildman–Crippen LogP) is 4.12. The number of hydrogen-bond acceptors (Lipinski definition) is 1. The van der Waals surface area contributed by atoms with Crippen molar-refractivity contribution in [3.8, 4) is 11.1 Å². The van der Waals surface area contributed by atoms with Gasteiger partial charge in [0.15, 0.2) is 0 Å². The molecule has 0 saturated heterocycles. The van der Waals surface area contributed by atoms with E-state index in [1.165, 1.54) is 6.07 Å². The van der Waals surface area contributed by atoms with Gasteiger partial charge in [-0.2, -0.15) is 0 Å². The van der Waals surface area contributed by atoms with Gasteiger partial charge in [-0.05, 0) is 30.5 Å². The van der Waals surface area contributed by atoms with Crippen LogP contribution in [0.5, 0.6) is 0 Å². The third kappa shape index (κ3) is 3.69. The first kappa shape index (κ1) is 15.2. The number of halogens is 1. The molecular weight excluding hydrogens is 265 g/mol. The van der Waals surface area contributed by atoms with Crippen molar-refractivity contribution in [2.24, 2.45) is 0 Å². The zero-order valence-electron chi connectivity index (χ0n) is 12.4. The molecule has 1 N–H and O–H groups in total. The average Bonchev–Trinajstić information content (AvgIpc) is 2.52. The monoisotopic (exact) mass is 285 g/mol. The predicted molar refractivity (Wildman–Crippen MR) is 83.6 cm³/mol. The number of carbonyl (C=O) groups is 1. The number of hydrogen-bond donors (Lipinski definition) is 1. The molecule has 0 aliphatic heterocycles. The van der Waals surface area contributed by atoms with Crippen LogP contribution in [0.4, 0.5) is 4.39 Å². The van der Waals surface area contributed by atoms with Gasteiger partial charge in [-0.3, -0.25) is 4.79 Å². The van der Waals surface area contributed by atoms with Crippen molar-refractivity contribution in [3.05, 3.63) is 59.9 Å². The van der Waals surface area contributed by atoms with E-state index in [9.17, 15) is 9.18 Å². The van der Waals surface area contributed by atoms with E-state index in [4.69, 9.17) is 0 Å². The molecule has 2 nitrogen and oxygen atoms in total. The van der Waals surface area contributed by atoms with E-state index in [-0.39, 0.29) is 17.6 Å². The lowest BCUT2D eigenvalue weighted by atomic mass is 9.96. The fraction of sp³-hybridized carbons (Fsp3) is 0.278. The van der Waals surface area contributed by atoms with Crippen molar-refractivity contribution in [3.63, 3.8) is 0 Å². The molecule has 21 heavy (non-hydrogen) atoms. The van der Waals surface area contributed by atoms with Gasteiger partial charge in [-0.15, -0.1) is 0 Å². The summed E-state index contributed by atoms with van der Waals surface area (Å²) in [4.78, 5) is 11.9. The first-order valence-corrected chi connectivity index (χ1v) is 7.26. The number of amides is 1. The summed E-state index contributed by atoms with van der Waals surface area (Å²) in [6, 6.07) is 14.4. The van der Waals surface area contributed by atoms with Crippen LogP contribution in [-0.4, -0.2) is 12.5 Å². The second kappa shape index (κ2) is 7.02. The smallest absolute Gasteiger partial charge is 0.227 e. The molecule has 110 valence electrons. The molecule has 2 aromatic rings. The molecule has 0 saturated carbocycles. The molecule has 1 amide bonds. The Morgan fingerprint density at radius 3 is 2.52 bits per heavy atom. The highest BCUT2D eigenvalue weighted by atomic mass is 19.1. The Bertz CT molecular complexity index is 610. The minimum Gasteiger partial charge on any atom is -0.356 e. The van der Waals surface area contributed by atoms with Gasteiger partial charge in [0.2, 0.25) is 5.91 Å². The van der Waals surface area contributed by atoms with E-state index >= 15 is 0 Å². The lowest BCUT2D eigenvalue weighted by Gasteiger charge is -2.13. The number of carbonyl (C=O) groups excluding carboxylic acids is 1.